The highest BCUT2D eigenvalue weighted by molar-refractivity contribution is 5.80. The lowest BCUT2D eigenvalue weighted by Crippen LogP contribution is -2.34. The van der Waals surface area contributed by atoms with Gasteiger partial charge in [0, 0.05) is 12.3 Å². The van der Waals surface area contributed by atoms with E-state index < -0.39 is 0 Å². The van der Waals surface area contributed by atoms with Gasteiger partial charge in [-0.25, -0.2) is 0 Å². The zero-order valence-electron chi connectivity index (χ0n) is 15.9. The Hall–Kier alpha value is -1.64. The van der Waals surface area contributed by atoms with E-state index in [9.17, 15) is 9.59 Å². The molecule has 1 saturated carbocycles. The average Bonchev–Trinajstić information content (AvgIpc) is 2.62. The predicted octanol–water partition coefficient (Wildman–Crippen LogP) is 5.18. The molecule has 0 bridgehead atoms. The third-order valence-corrected chi connectivity index (χ3v) is 5.56. The summed E-state index contributed by atoms with van der Waals surface area (Å²) in [7, 11) is 0. The molecule has 0 radical (unpaired) electrons. The Labute approximate surface area is 152 Å². The van der Waals surface area contributed by atoms with Crippen molar-refractivity contribution < 1.29 is 14.3 Å². The minimum Gasteiger partial charge on any atom is -0.461 e. The van der Waals surface area contributed by atoms with Crippen molar-refractivity contribution >= 4 is 11.8 Å². The SMILES string of the molecule is CC[C@@H](C(=O)OCc1ccccc1)[C@H]1CCCC[C@H]1CC(=O)C(C)C. The first-order valence-electron chi connectivity index (χ1n) is 9.76. The summed E-state index contributed by atoms with van der Waals surface area (Å²) in [5, 5.41) is 0. The first kappa shape index (κ1) is 19.7. The first-order chi connectivity index (χ1) is 12.0. The average molecular weight is 344 g/mol. The van der Waals surface area contributed by atoms with Gasteiger partial charge in [-0.15, -0.1) is 0 Å². The summed E-state index contributed by atoms with van der Waals surface area (Å²) in [6.07, 6.45) is 5.82. The fraction of sp³-hybridized carbons (Fsp3) is 0.636. The quantitative estimate of drug-likeness (QED) is 0.610. The van der Waals surface area contributed by atoms with Crippen molar-refractivity contribution in [3.63, 3.8) is 0 Å². The van der Waals surface area contributed by atoms with Crippen LogP contribution in [0.15, 0.2) is 30.3 Å². The van der Waals surface area contributed by atoms with Crippen molar-refractivity contribution in [3.8, 4) is 0 Å². The smallest absolute Gasteiger partial charge is 0.309 e. The summed E-state index contributed by atoms with van der Waals surface area (Å²) in [4.78, 5) is 24.9. The lowest BCUT2D eigenvalue weighted by Gasteiger charge is -2.36. The number of hydrogen-bond acceptors (Lipinski definition) is 3. The molecule has 1 aromatic carbocycles. The highest BCUT2D eigenvalue weighted by atomic mass is 16.5. The molecule has 0 spiro atoms. The number of benzene rings is 1. The molecule has 0 N–H and O–H groups in total. The lowest BCUT2D eigenvalue weighted by molar-refractivity contribution is -0.154. The molecule has 1 aliphatic rings. The molecule has 138 valence electrons. The van der Waals surface area contributed by atoms with Crippen LogP contribution >= 0.6 is 0 Å². The molecule has 0 aliphatic heterocycles. The van der Waals surface area contributed by atoms with Crippen LogP contribution in [0.1, 0.15) is 64.9 Å². The Morgan fingerprint density at radius 3 is 2.44 bits per heavy atom. The van der Waals surface area contributed by atoms with Crippen LogP contribution in [0.4, 0.5) is 0 Å². The Bertz CT molecular complexity index is 550. The molecular weight excluding hydrogens is 312 g/mol. The minimum absolute atomic E-state index is 0.0766. The van der Waals surface area contributed by atoms with E-state index in [-0.39, 0.29) is 23.7 Å². The molecule has 0 heterocycles. The van der Waals surface area contributed by atoms with E-state index in [2.05, 4.69) is 6.92 Å². The van der Waals surface area contributed by atoms with E-state index >= 15 is 0 Å². The molecule has 0 aromatic heterocycles. The number of esters is 1. The topological polar surface area (TPSA) is 43.4 Å². The maximum atomic E-state index is 12.7. The molecule has 1 fully saturated rings. The van der Waals surface area contributed by atoms with Crippen LogP contribution < -0.4 is 0 Å². The summed E-state index contributed by atoms with van der Waals surface area (Å²) >= 11 is 0. The minimum atomic E-state index is -0.0970. The van der Waals surface area contributed by atoms with Crippen LogP contribution in [0, 0.1) is 23.7 Å². The summed E-state index contributed by atoms with van der Waals surface area (Å²) in [5.41, 5.74) is 1.01. The second-order valence-electron chi connectivity index (χ2n) is 7.64. The zero-order valence-corrected chi connectivity index (χ0v) is 15.9. The molecule has 3 nitrogen and oxygen atoms in total. The molecule has 3 heteroatoms. The summed E-state index contributed by atoms with van der Waals surface area (Å²) in [6.45, 7) is 6.32. The van der Waals surface area contributed by atoms with Gasteiger partial charge in [-0.2, -0.15) is 0 Å². The van der Waals surface area contributed by atoms with Crippen molar-refractivity contribution in [1.82, 2.24) is 0 Å². The molecule has 3 atom stereocenters. The predicted molar refractivity (Wildman–Crippen MR) is 99.9 cm³/mol. The van der Waals surface area contributed by atoms with Gasteiger partial charge >= 0.3 is 5.97 Å². The Kier molecular flexibility index (Phi) is 7.67. The number of hydrogen-bond donors (Lipinski definition) is 0. The van der Waals surface area contributed by atoms with Crippen molar-refractivity contribution in [2.75, 3.05) is 0 Å². The van der Waals surface area contributed by atoms with Gasteiger partial charge in [-0.1, -0.05) is 63.9 Å². The molecule has 25 heavy (non-hydrogen) atoms. The molecule has 0 amide bonds. The number of Topliss-reactive ketones (excluding diaryl/α,β-unsaturated/α-hetero) is 1. The van der Waals surface area contributed by atoms with Crippen LogP contribution in [0.5, 0.6) is 0 Å². The first-order valence-corrected chi connectivity index (χ1v) is 9.76. The van der Waals surface area contributed by atoms with E-state index in [0.29, 0.717) is 24.7 Å². The Morgan fingerprint density at radius 2 is 1.80 bits per heavy atom. The second-order valence-corrected chi connectivity index (χ2v) is 7.64. The number of ketones is 1. The highest BCUT2D eigenvalue weighted by Crippen LogP contribution is 2.39. The zero-order chi connectivity index (χ0) is 18.2. The van der Waals surface area contributed by atoms with Crippen LogP contribution in [0.3, 0.4) is 0 Å². The van der Waals surface area contributed by atoms with E-state index in [0.717, 1.165) is 31.2 Å². The fourth-order valence-corrected chi connectivity index (χ4v) is 3.99. The van der Waals surface area contributed by atoms with Gasteiger partial charge in [0.15, 0.2) is 0 Å². The monoisotopic (exact) mass is 344 g/mol. The van der Waals surface area contributed by atoms with Crippen LogP contribution in [0.2, 0.25) is 0 Å². The third kappa shape index (κ3) is 5.69. The summed E-state index contributed by atoms with van der Waals surface area (Å²) in [6, 6.07) is 9.81. The van der Waals surface area contributed by atoms with Crippen molar-refractivity contribution in [2.24, 2.45) is 23.7 Å². The van der Waals surface area contributed by atoms with E-state index in [4.69, 9.17) is 4.74 Å². The van der Waals surface area contributed by atoms with Gasteiger partial charge in [0.25, 0.3) is 0 Å². The molecule has 0 saturated heterocycles. The maximum absolute atomic E-state index is 12.7. The van der Waals surface area contributed by atoms with Crippen molar-refractivity contribution in [3.05, 3.63) is 35.9 Å². The van der Waals surface area contributed by atoms with Gasteiger partial charge in [0.2, 0.25) is 0 Å². The van der Waals surface area contributed by atoms with Gasteiger partial charge < -0.3 is 4.74 Å². The Balaban J connectivity index is 1.99. The highest BCUT2D eigenvalue weighted by Gasteiger charge is 2.36. The number of carbonyl (C=O) groups is 2. The van der Waals surface area contributed by atoms with Crippen molar-refractivity contribution in [1.29, 1.82) is 0 Å². The summed E-state index contributed by atoms with van der Waals surface area (Å²) in [5.74, 6) is 0.828. The Morgan fingerprint density at radius 1 is 1.12 bits per heavy atom. The molecular formula is C22H32O3. The van der Waals surface area contributed by atoms with Gasteiger partial charge in [0.1, 0.15) is 12.4 Å². The number of ether oxygens (including phenoxy) is 1. The van der Waals surface area contributed by atoms with Crippen LogP contribution in [-0.2, 0) is 20.9 Å². The van der Waals surface area contributed by atoms with Crippen molar-refractivity contribution in [2.45, 2.75) is 65.9 Å². The van der Waals surface area contributed by atoms with E-state index in [1.807, 2.05) is 44.2 Å². The molecule has 1 aromatic rings. The molecule has 0 unspecified atom stereocenters. The second kappa shape index (κ2) is 9.74. The van der Waals surface area contributed by atoms with Gasteiger partial charge in [-0.3, -0.25) is 9.59 Å². The largest absolute Gasteiger partial charge is 0.461 e. The normalized spacial score (nSPS) is 21.8. The standard InChI is InChI=1S/C22H32O3/c1-4-19(22(24)25-15-17-10-6-5-7-11-17)20-13-9-8-12-18(20)14-21(23)16(2)3/h5-7,10-11,16,18-20H,4,8-9,12-15H2,1-3H3/t18-,19+,20-/m0/s1. The maximum Gasteiger partial charge on any atom is 0.309 e. The number of rotatable bonds is 8. The summed E-state index contributed by atoms with van der Waals surface area (Å²) < 4.78 is 5.61. The van der Waals surface area contributed by atoms with Gasteiger partial charge in [-0.05, 0) is 36.7 Å². The van der Waals surface area contributed by atoms with Crippen LogP contribution in [-0.4, -0.2) is 11.8 Å². The lowest BCUT2D eigenvalue weighted by atomic mass is 9.69. The number of carbonyl (C=O) groups excluding carboxylic acids is 2. The van der Waals surface area contributed by atoms with Crippen LogP contribution in [0.25, 0.3) is 0 Å². The third-order valence-electron chi connectivity index (χ3n) is 5.56. The van der Waals surface area contributed by atoms with E-state index in [1.54, 1.807) is 0 Å². The molecule has 2 rings (SSSR count). The fourth-order valence-electron chi connectivity index (χ4n) is 3.99. The molecule has 1 aliphatic carbocycles. The van der Waals surface area contributed by atoms with Gasteiger partial charge in [0.05, 0.1) is 5.92 Å². The van der Waals surface area contributed by atoms with E-state index in [1.165, 1.54) is 6.42 Å².